The van der Waals surface area contributed by atoms with E-state index < -0.39 is 0 Å². The first kappa shape index (κ1) is 14.4. The van der Waals surface area contributed by atoms with Crippen LogP contribution < -0.4 is 10.6 Å². The van der Waals surface area contributed by atoms with Crippen LogP contribution in [0, 0.1) is 0 Å². The molecule has 2 N–H and O–H groups in total. The van der Waals surface area contributed by atoms with Crippen molar-refractivity contribution in [1.82, 2.24) is 10.6 Å². The second-order valence-electron chi connectivity index (χ2n) is 4.91. The molecule has 0 radical (unpaired) electrons. The lowest BCUT2D eigenvalue weighted by Crippen LogP contribution is -2.41. The molecule has 1 aromatic rings. The summed E-state index contributed by atoms with van der Waals surface area (Å²) in [4.78, 5) is 11.8. The van der Waals surface area contributed by atoms with E-state index in [0.29, 0.717) is 6.54 Å². The summed E-state index contributed by atoms with van der Waals surface area (Å²) >= 11 is 1.77. The van der Waals surface area contributed by atoms with E-state index in [2.05, 4.69) is 41.8 Å². The first-order valence-electron chi connectivity index (χ1n) is 6.96. The van der Waals surface area contributed by atoms with Crippen molar-refractivity contribution in [1.29, 1.82) is 0 Å². The lowest BCUT2D eigenvalue weighted by molar-refractivity contribution is -0.122. The van der Waals surface area contributed by atoms with E-state index in [1.54, 1.807) is 11.8 Å². The van der Waals surface area contributed by atoms with Gasteiger partial charge in [-0.15, -0.1) is 11.8 Å². The smallest absolute Gasteiger partial charge is 0.238 e. The van der Waals surface area contributed by atoms with E-state index >= 15 is 0 Å². The van der Waals surface area contributed by atoms with E-state index in [-0.39, 0.29) is 11.9 Å². The predicted octanol–water partition coefficient (Wildman–Crippen LogP) is 2.31. The Bertz CT molecular complexity index is 399. The minimum atomic E-state index is -0.0196. The molecule has 1 aliphatic heterocycles. The quantitative estimate of drug-likeness (QED) is 0.839. The van der Waals surface area contributed by atoms with Crippen LogP contribution in [0.25, 0.3) is 0 Å². The summed E-state index contributed by atoms with van der Waals surface area (Å²) in [6.45, 7) is 2.83. The van der Waals surface area contributed by atoms with Gasteiger partial charge in [0.15, 0.2) is 0 Å². The fraction of sp³-hybridized carbons (Fsp3) is 0.533. The molecule has 1 fully saturated rings. The second-order valence-corrected chi connectivity index (χ2v) is 5.94. The molecule has 1 unspecified atom stereocenters. The Balaban J connectivity index is 1.77. The Kier molecular flexibility index (Phi) is 5.73. The number of benzene rings is 1. The number of thioether (sulfide) groups is 1. The highest BCUT2D eigenvalue weighted by Gasteiger charge is 2.21. The van der Waals surface area contributed by atoms with Crippen molar-refractivity contribution in [2.24, 2.45) is 0 Å². The summed E-state index contributed by atoms with van der Waals surface area (Å²) in [5, 5.41) is 6.16. The Morgan fingerprint density at radius 1 is 1.37 bits per heavy atom. The Morgan fingerprint density at radius 2 is 2.11 bits per heavy atom. The molecule has 1 aromatic carbocycles. The number of carbonyl (C=O) groups is 1. The van der Waals surface area contributed by atoms with Gasteiger partial charge in [-0.05, 0) is 24.0 Å². The van der Waals surface area contributed by atoms with Gasteiger partial charge in [-0.3, -0.25) is 10.1 Å². The zero-order valence-electron chi connectivity index (χ0n) is 11.4. The van der Waals surface area contributed by atoms with E-state index in [4.69, 9.17) is 0 Å². The van der Waals surface area contributed by atoms with Gasteiger partial charge in [0.05, 0.1) is 6.04 Å². The third kappa shape index (κ3) is 4.55. The predicted molar refractivity (Wildman–Crippen MR) is 81.1 cm³/mol. The maximum absolute atomic E-state index is 11.8. The van der Waals surface area contributed by atoms with Crippen molar-refractivity contribution in [2.45, 2.75) is 38.8 Å². The van der Waals surface area contributed by atoms with E-state index in [9.17, 15) is 4.79 Å². The number of unbranched alkanes of at least 4 members (excludes halogenated alkanes) is 1. The summed E-state index contributed by atoms with van der Waals surface area (Å²) in [5.74, 6) is 1.87. The molecule has 19 heavy (non-hydrogen) atoms. The third-order valence-electron chi connectivity index (χ3n) is 3.34. The van der Waals surface area contributed by atoms with E-state index in [1.807, 2.05) is 0 Å². The second kappa shape index (κ2) is 7.56. The lowest BCUT2D eigenvalue weighted by atomic mass is 10.1. The number of amides is 1. The maximum atomic E-state index is 11.8. The normalized spacial score (nSPS) is 18.5. The van der Waals surface area contributed by atoms with Gasteiger partial charge in [-0.2, -0.15) is 0 Å². The Labute approximate surface area is 119 Å². The molecule has 3 nitrogen and oxygen atoms in total. The van der Waals surface area contributed by atoms with Gasteiger partial charge in [-0.1, -0.05) is 37.6 Å². The van der Waals surface area contributed by atoms with Crippen molar-refractivity contribution in [3.05, 3.63) is 35.4 Å². The zero-order valence-corrected chi connectivity index (χ0v) is 12.3. The van der Waals surface area contributed by atoms with Crippen LogP contribution in [-0.2, 0) is 17.8 Å². The molecule has 1 saturated heterocycles. The highest BCUT2D eigenvalue weighted by Crippen LogP contribution is 2.10. The fourth-order valence-electron chi connectivity index (χ4n) is 2.08. The van der Waals surface area contributed by atoms with E-state index in [0.717, 1.165) is 18.1 Å². The largest absolute Gasteiger partial charge is 0.351 e. The van der Waals surface area contributed by atoms with Crippen LogP contribution in [0.2, 0.25) is 0 Å². The average Bonchev–Trinajstić information content (AvgIpc) is 2.98. The van der Waals surface area contributed by atoms with Crippen LogP contribution in [0.5, 0.6) is 0 Å². The Morgan fingerprint density at radius 3 is 2.74 bits per heavy atom. The molecule has 0 saturated carbocycles. The summed E-state index contributed by atoms with van der Waals surface area (Å²) in [6.07, 6.45) is 3.61. The van der Waals surface area contributed by atoms with Gasteiger partial charge in [0.25, 0.3) is 0 Å². The van der Waals surface area contributed by atoms with Gasteiger partial charge in [0, 0.05) is 18.2 Å². The summed E-state index contributed by atoms with van der Waals surface area (Å²) < 4.78 is 0. The first-order chi connectivity index (χ1) is 9.29. The summed E-state index contributed by atoms with van der Waals surface area (Å²) in [6, 6.07) is 8.54. The third-order valence-corrected chi connectivity index (χ3v) is 4.28. The van der Waals surface area contributed by atoms with Gasteiger partial charge in [-0.25, -0.2) is 0 Å². The fourth-order valence-corrected chi connectivity index (χ4v) is 3.02. The monoisotopic (exact) mass is 278 g/mol. The van der Waals surface area contributed by atoms with E-state index in [1.165, 1.54) is 24.0 Å². The van der Waals surface area contributed by atoms with Crippen molar-refractivity contribution in [2.75, 3.05) is 11.6 Å². The van der Waals surface area contributed by atoms with Gasteiger partial charge in [0.2, 0.25) is 5.91 Å². The van der Waals surface area contributed by atoms with Crippen molar-refractivity contribution >= 4 is 17.7 Å². The summed E-state index contributed by atoms with van der Waals surface area (Å²) in [5.41, 5.74) is 2.55. The standard InChI is InChI=1S/C15H22N2OS/c1-2-3-4-12-5-7-13(8-6-12)9-16-15(18)14-10-19-11-17-14/h5-8,14,17H,2-4,9-11H2,1H3,(H,16,18). The zero-order chi connectivity index (χ0) is 13.5. The molecular weight excluding hydrogens is 256 g/mol. The van der Waals surface area contributed by atoms with Crippen molar-refractivity contribution in [3.8, 4) is 0 Å². The number of hydrogen-bond donors (Lipinski definition) is 2. The molecule has 2 rings (SSSR count). The molecule has 1 atom stereocenters. The molecule has 4 heteroatoms. The van der Waals surface area contributed by atoms with Crippen LogP contribution in [0.15, 0.2) is 24.3 Å². The lowest BCUT2D eigenvalue weighted by Gasteiger charge is -2.10. The van der Waals surface area contributed by atoms with Crippen LogP contribution >= 0.6 is 11.8 Å². The van der Waals surface area contributed by atoms with Gasteiger partial charge in [0.1, 0.15) is 0 Å². The van der Waals surface area contributed by atoms with Crippen molar-refractivity contribution in [3.63, 3.8) is 0 Å². The van der Waals surface area contributed by atoms with Crippen LogP contribution in [0.3, 0.4) is 0 Å². The van der Waals surface area contributed by atoms with Gasteiger partial charge < -0.3 is 5.32 Å². The number of rotatable bonds is 6. The van der Waals surface area contributed by atoms with Crippen molar-refractivity contribution < 1.29 is 4.79 Å². The molecular formula is C15H22N2OS. The number of hydrogen-bond acceptors (Lipinski definition) is 3. The Hall–Kier alpha value is -1.00. The topological polar surface area (TPSA) is 41.1 Å². The molecule has 0 aliphatic carbocycles. The van der Waals surface area contributed by atoms with Gasteiger partial charge >= 0.3 is 0 Å². The summed E-state index contributed by atoms with van der Waals surface area (Å²) in [7, 11) is 0. The maximum Gasteiger partial charge on any atom is 0.238 e. The van der Waals surface area contributed by atoms with Crippen LogP contribution in [0.1, 0.15) is 30.9 Å². The number of carbonyl (C=O) groups excluding carboxylic acids is 1. The molecule has 0 aromatic heterocycles. The molecule has 104 valence electrons. The molecule has 1 amide bonds. The number of nitrogens with one attached hydrogen (secondary N) is 2. The number of aryl methyl sites for hydroxylation is 1. The van der Waals surface area contributed by atoms with Crippen LogP contribution in [0.4, 0.5) is 0 Å². The van der Waals surface area contributed by atoms with Crippen LogP contribution in [-0.4, -0.2) is 23.6 Å². The SMILES string of the molecule is CCCCc1ccc(CNC(=O)C2CSCN2)cc1. The molecule has 0 spiro atoms. The minimum absolute atomic E-state index is 0.0196. The first-order valence-corrected chi connectivity index (χ1v) is 8.11. The molecule has 1 heterocycles. The highest BCUT2D eigenvalue weighted by atomic mass is 32.2. The highest BCUT2D eigenvalue weighted by molar-refractivity contribution is 7.99. The minimum Gasteiger partial charge on any atom is -0.351 e. The molecule has 0 bridgehead atoms. The molecule has 1 aliphatic rings. The average molecular weight is 278 g/mol.